The molecule has 2 N–H and O–H groups in total. The SMILES string of the molecule is COC(=O)c1ccc(CN2CC3C(NC(=O)C(O)(c4ccccc4)C4CCCC4)[C@H]3C2)cc1. The van der Waals surface area contributed by atoms with Crippen LogP contribution in [0, 0.1) is 17.8 Å². The first-order valence-electron chi connectivity index (χ1n) is 12.0. The number of likely N-dealkylation sites (tertiary alicyclic amines) is 1. The molecule has 2 saturated carbocycles. The Morgan fingerprint density at radius 3 is 2.27 bits per heavy atom. The summed E-state index contributed by atoms with van der Waals surface area (Å²) < 4.78 is 4.76. The summed E-state index contributed by atoms with van der Waals surface area (Å²) in [7, 11) is 1.39. The van der Waals surface area contributed by atoms with Gasteiger partial charge in [0.25, 0.3) is 5.91 Å². The zero-order valence-corrected chi connectivity index (χ0v) is 19.1. The number of methoxy groups -OCH3 is 1. The van der Waals surface area contributed by atoms with E-state index in [1.807, 2.05) is 42.5 Å². The topological polar surface area (TPSA) is 78.9 Å². The number of nitrogens with zero attached hydrogens (tertiary/aromatic N) is 1. The first-order chi connectivity index (χ1) is 16.0. The molecule has 2 aromatic carbocycles. The maximum atomic E-state index is 13.4. The van der Waals surface area contributed by atoms with Crippen molar-refractivity contribution in [1.29, 1.82) is 0 Å². The van der Waals surface area contributed by atoms with E-state index in [0.29, 0.717) is 23.0 Å². The van der Waals surface area contributed by atoms with Gasteiger partial charge in [-0.1, -0.05) is 55.3 Å². The van der Waals surface area contributed by atoms with E-state index in [9.17, 15) is 14.7 Å². The van der Waals surface area contributed by atoms with Crippen molar-refractivity contribution in [2.45, 2.75) is 43.9 Å². The molecule has 3 aliphatic rings. The van der Waals surface area contributed by atoms with Crippen LogP contribution in [-0.4, -0.2) is 48.1 Å². The summed E-state index contributed by atoms with van der Waals surface area (Å²) in [6.45, 7) is 2.69. The molecule has 2 aromatic rings. The fourth-order valence-corrected chi connectivity index (χ4v) is 5.93. The van der Waals surface area contributed by atoms with Crippen molar-refractivity contribution in [3.8, 4) is 0 Å². The molecule has 5 rings (SSSR count). The minimum Gasteiger partial charge on any atom is -0.465 e. The van der Waals surface area contributed by atoms with Crippen LogP contribution in [0.1, 0.15) is 47.2 Å². The fourth-order valence-electron chi connectivity index (χ4n) is 5.93. The molecule has 6 nitrogen and oxygen atoms in total. The van der Waals surface area contributed by atoms with Gasteiger partial charge in [-0.2, -0.15) is 0 Å². The normalized spacial score (nSPS) is 26.4. The van der Waals surface area contributed by atoms with Gasteiger partial charge in [0.15, 0.2) is 5.60 Å². The maximum Gasteiger partial charge on any atom is 0.337 e. The smallest absolute Gasteiger partial charge is 0.337 e. The lowest BCUT2D eigenvalue weighted by Crippen LogP contribution is -2.50. The molecule has 174 valence electrons. The van der Waals surface area contributed by atoms with Gasteiger partial charge in [0.1, 0.15) is 0 Å². The molecule has 1 amide bonds. The average Bonchev–Trinajstić information content (AvgIpc) is 3.26. The number of benzene rings is 2. The Bertz CT molecular complexity index is 991. The van der Waals surface area contributed by atoms with Gasteiger partial charge in [-0.05, 0) is 47.9 Å². The lowest BCUT2D eigenvalue weighted by Gasteiger charge is -2.33. The summed E-state index contributed by atoms with van der Waals surface area (Å²) in [5, 5.41) is 14.9. The monoisotopic (exact) mass is 448 g/mol. The Balaban J connectivity index is 1.19. The molecular weight excluding hydrogens is 416 g/mol. The van der Waals surface area contributed by atoms with E-state index in [1.54, 1.807) is 12.1 Å². The highest BCUT2D eigenvalue weighted by Crippen LogP contribution is 2.47. The average molecular weight is 449 g/mol. The van der Waals surface area contributed by atoms with Crippen molar-refractivity contribution in [3.63, 3.8) is 0 Å². The molecule has 0 spiro atoms. The predicted molar refractivity (Wildman–Crippen MR) is 124 cm³/mol. The highest BCUT2D eigenvalue weighted by atomic mass is 16.5. The van der Waals surface area contributed by atoms with Crippen molar-refractivity contribution < 1.29 is 19.4 Å². The van der Waals surface area contributed by atoms with Crippen LogP contribution in [-0.2, 0) is 21.7 Å². The number of esters is 1. The number of aliphatic hydroxyl groups is 1. The molecule has 1 aliphatic heterocycles. The third-order valence-corrected chi connectivity index (χ3v) is 7.85. The molecule has 6 heteroatoms. The molecule has 4 atom stereocenters. The summed E-state index contributed by atoms with van der Waals surface area (Å²) >= 11 is 0. The van der Waals surface area contributed by atoms with E-state index in [4.69, 9.17) is 4.74 Å². The molecule has 0 bridgehead atoms. The van der Waals surface area contributed by atoms with Crippen LogP contribution in [0.25, 0.3) is 0 Å². The highest BCUT2D eigenvalue weighted by Gasteiger charge is 2.58. The molecule has 1 heterocycles. The van der Waals surface area contributed by atoms with Gasteiger partial charge in [0.2, 0.25) is 0 Å². The van der Waals surface area contributed by atoms with E-state index in [0.717, 1.165) is 50.9 Å². The standard InChI is InChI=1S/C27H32N2O4/c1-33-25(30)19-13-11-18(12-14-19)15-29-16-22-23(17-29)24(22)28-26(31)27(32,21-9-5-6-10-21)20-7-3-2-4-8-20/h2-4,7-8,11-14,21-24,32H,5-6,9-10,15-17H2,1H3,(H,28,31)/t22-,23?,24?,27?/m0/s1. The summed E-state index contributed by atoms with van der Waals surface area (Å²) in [5.41, 5.74) is 0.971. The predicted octanol–water partition coefficient (Wildman–Crippen LogP) is 3.10. The largest absolute Gasteiger partial charge is 0.465 e. The summed E-state index contributed by atoms with van der Waals surface area (Å²) in [6.07, 6.45) is 3.91. The molecule has 0 aromatic heterocycles. The van der Waals surface area contributed by atoms with E-state index in [1.165, 1.54) is 7.11 Å². The van der Waals surface area contributed by atoms with Crippen LogP contribution in [0.3, 0.4) is 0 Å². The van der Waals surface area contributed by atoms with Crippen molar-refractivity contribution >= 4 is 11.9 Å². The van der Waals surface area contributed by atoms with E-state index < -0.39 is 5.60 Å². The lowest BCUT2D eigenvalue weighted by molar-refractivity contribution is -0.147. The molecule has 3 fully saturated rings. The number of fused-ring (bicyclic) bond motifs is 1. The number of rotatable bonds is 7. The van der Waals surface area contributed by atoms with Crippen molar-refractivity contribution in [2.75, 3.05) is 20.2 Å². The third-order valence-electron chi connectivity index (χ3n) is 7.85. The van der Waals surface area contributed by atoms with Crippen LogP contribution in [0.2, 0.25) is 0 Å². The Morgan fingerprint density at radius 1 is 1.03 bits per heavy atom. The zero-order chi connectivity index (χ0) is 23.0. The number of piperidine rings is 1. The number of hydrogen-bond donors (Lipinski definition) is 2. The van der Waals surface area contributed by atoms with Crippen molar-refractivity contribution in [3.05, 3.63) is 71.3 Å². The van der Waals surface area contributed by atoms with Gasteiger partial charge in [0, 0.05) is 31.6 Å². The fraction of sp³-hybridized carbons (Fsp3) is 0.481. The molecule has 3 unspecified atom stereocenters. The van der Waals surface area contributed by atoms with Gasteiger partial charge in [-0.3, -0.25) is 9.69 Å². The molecule has 0 radical (unpaired) electrons. The quantitative estimate of drug-likeness (QED) is 0.637. The number of amides is 1. The van der Waals surface area contributed by atoms with Crippen molar-refractivity contribution in [1.82, 2.24) is 10.2 Å². The lowest BCUT2D eigenvalue weighted by atomic mass is 9.79. The van der Waals surface area contributed by atoms with Gasteiger partial charge >= 0.3 is 5.97 Å². The second kappa shape index (κ2) is 8.92. The van der Waals surface area contributed by atoms with Crippen molar-refractivity contribution in [2.24, 2.45) is 17.8 Å². The van der Waals surface area contributed by atoms with Crippen LogP contribution >= 0.6 is 0 Å². The summed E-state index contributed by atoms with van der Waals surface area (Å²) in [5.74, 6) is 0.294. The maximum absolute atomic E-state index is 13.4. The highest BCUT2D eigenvalue weighted by molar-refractivity contribution is 5.89. The Labute approximate surface area is 194 Å². The molecule has 1 saturated heterocycles. The van der Waals surface area contributed by atoms with E-state index in [2.05, 4.69) is 10.2 Å². The molecule has 33 heavy (non-hydrogen) atoms. The van der Waals surface area contributed by atoms with Crippen LogP contribution in [0.15, 0.2) is 54.6 Å². The Kier molecular flexibility index (Phi) is 5.97. The zero-order valence-electron chi connectivity index (χ0n) is 19.1. The first kappa shape index (κ1) is 22.1. The number of ether oxygens (including phenoxy) is 1. The Hall–Kier alpha value is -2.70. The van der Waals surface area contributed by atoms with E-state index in [-0.39, 0.29) is 23.8 Å². The second-order valence-corrected chi connectivity index (χ2v) is 9.82. The second-order valence-electron chi connectivity index (χ2n) is 9.82. The molecule has 2 aliphatic carbocycles. The van der Waals surface area contributed by atoms with Gasteiger partial charge in [0.05, 0.1) is 12.7 Å². The number of carbonyl (C=O) groups is 2. The minimum atomic E-state index is -1.45. The van der Waals surface area contributed by atoms with Gasteiger partial charge < -0.3 is 15.2 Å². The van der Waals surface area contributed by atoms with E-state index >= 15 is 0 Å². The van der Waals surface area contributed by atoms with Crippen LogP contribution in [0.5, 0.6) is 0 Å². The number of hydrogen-bond acceptors (Lipinski definition) is 5. The third kappa shape index (κ3) is 4.18. The summed E-state index contributed by atoms with van der Waals surface area (Å²) in [4.78, 5) is 27.4. The minimum absolute atomic E-state index is 0.0250. The Morgan fingerprint density at radius 2 is 1.67 bits per heavy atom. The molecular formula is C27H32N2O4. The van der Waals surface area contributed by atoms with Crippen LogP contribution < -0.4 is 5.32 Å². The van der Waals surface area contributed by atoms with Crippen LogP contribution in [0.4, 0.5) is 0 Å². The van der Waals surface area contributed by atoms with Gasteiger partial charge in [-0.25, -0.2) is 4.79 Å². The number of carbonyl (C=O) groups excluding carboxylic acids is 2. The summed E-state index contributed by atoms with van der Waals surface area (Å²) in [6, 6.07) is 17.1. The number of nitrogens with one attached hydrogen (secondary N) is 1. The van der Waals surface area contributed by atoms with Gasteiger partial charge in [-0.15, -0.1) is 0 Å². The first-order valence-corrected chi connectivity index (χ1v) is 12.0.